The molecule has 3 rings (SSSR count). The zero-order valence-corrected chi connectivity index (χ0v) is 14.1. The Morgan fingerprint density at radius 2 is 2.04 bits per heavy atom. The van der Waals surface area contributed by atoms with Crippen LogP contribution in [-0.2, 0) is 9.53 Å². The van der Waals surface area contributed by atoms with Gasteiger partial charge < -0.3 is 14.7 Å². The van der Waals surface area contributed by atoms with Crippen LogP contribution in [0.5, 0.6) is 0 Å². The fourth-order valence-corrected chi connectivity index (χ4v) is 3.83. The predicted octanol–water partition coefficient (Wildman–Crippen LogP) is 2.98. The number of aryl methyl sites for hydroxylation is 1. The number of hydrogen-bond donors (Lipinski definition) is 1. The van der Waals surface area contributed by atoms with Crippen LogP contribution in [0.15, 0.2) is 24.3 Å². The summed E-state index contributed by atoms with van der Waals surface area (Å²) in [5.41, 5.74) is 1.55. The second-order valence-electron chi connectivity index (χ2n) is 7.18. The summed E-state index contributed by atoms with van der Waals surface area (Å²) in [6.07, 6.45) is 3.71. The summed E-state index contributed by atoms with van der Waals surface area (Å²) in [6, 6.07) is 8.24. The zero-order valence-electron chi connectivity index (χ0n) is 14.1. The molecule has 1 aliphatic carbocycles. The van der Waals surface area contributed by atoms with Crippen LogP contribution in [0.3, 0.4) is 0 Å². The molecule has 126 valence electrons. The van der Waals surface area contributed by atoms with Crippen molar-refractivity contribution in [3.63, 3.8) is 0 Å². The third kappa shape index (κ3) is 3.59. The normalized spacial score (nSPS) is 27.2. The molecule has 1 saturated heterocycles. The first kappa shape index (κ1) is 16.5. The van der Waals surface area contributed by atoms with E-state index in [2.05, 4.69) is 19.1 Å². The lowest BCUT2D eigenvalue weighted by atomic mass is 9.95. The Morgan fingerprint density at radius 3 is 2.74 bits per heavy atom. The Labute approximate surface area is 138 Å². The van der Waals surface area contributed by atoms with Gasteiger partial charge in [-0.2, -0.15) is 0 Å². The van der Waals surface area contributed by atoms with Gasteiger partial charge in [-0.25, -0.2) is 0 Å². The Hall–Kier alpha value is -1.39. The van der Waals surface area contributed by atoms with Crippen LogP contribution < -0.4 is 0 Å². The first-order valence-corrected chi connectivity index (χ1v) is 8.67. The van der Waals surface area contributed by atoms with E-state index in [-0.39, 0.29) is 24.5 Å². The second kappa shape index (κ2) is 6.62. The van der Waals surface area contributed by atoms with Crippen LogP contribution in [0.4, 0.5) is 0 Å². The molecule has 1 heterocycles. The number of amides is 1. The molecule has 1 saturated carbocycles. The minimum atomic E-state index is -0.784. The highest BCUT2D eigenvalue weighted by Crippen LogP contribution is 2.34. The van der Waals surface area contributed by atoms with Crippen molar-refractivity contribution >= 4 is 5.91 Å². The van der Waals surface area contributed by atoms with Gasteiger partial charge in [-0.15, -0.1) is 0 Å². The summed E-state index contributed by atoms with van der Waals surface area (Å²) in [7, 11) is 0. The number of hydrogen-bond acceptors (Lipinski definition) is 3. The molecule has 2 fully saturated rings. The SMILES string of the molecule is Cc1ccccc1C1CN(C(=O)CC2(O)CCCC2)C(C)CO1. The molecule has 0 spiro atoms. The van der Waals surface area contributed by atoms with Crippen molar-refractivity contribution < 1.29 is 14.6 Å². The fourth-order valence-electron chi connectivity index (χ4n) is 3.83. The predicted molar refractivity (Wildman–Crippen MR) is 89.1 cm³/mol. The lowest BCUT2D eigenvalue weighted by Gasteiger charge is -2.40. The van der Waals surface area contributed by atoms with Crippen LogP contribution in [0.25, 0.3) is 0 Å². The molecular formula is C19H27NO3. The van der Waals surface area contributed by atoms with E-state index in [1.807, 2.05) is 24.0 Å². The van der Waals surface area contributed by atoms with Gasteiger partial charge in [0, 0.05) is 0 Å². The largest absolute Gasteiger partial charge is 0.389 e. The van der Waals surface area contributed by atoms with E-state index in [9.17, 15) is 9.90 Å². The third-order valence-electron chi connectivity index (χ3n) is 5.30. The van der Waals surface area contributed by atoms with Gasteiger partial charge >= 0.3 is 0 Å². The maximum Gasteiger partial charge on any atom is 0.225 e. The Kier molecular flexibility index (Phi) is 4.74. The lowest BCUT2D eigenvalue weighted by Crippen LogP contribution is -2.50. The number of nitrogens with zero attached hydrogens (tertiary/aromatic N) is 1. The van der Waals surface area contributed by atoms with Gasteiger partial charge in [-0.3, -0.25) is 4.79 Å². The van der Waals surface area contributed by atoms with E-state index < -0.39 is 5.60 Å². The molecular weight excluding hydrogens is 290 g/mol. The van der Waals surface area contributed by atoms with Gasteiger partial charge in [-0.05, 0) is 37.8 Å². The number of morpholine rings is 1. The maximum atomic E-state index is 12.7. The van der Waals surface area contributed by atoms with Gasteiger partial charge in [0.2, 0.25) is 5.91 Å². The van der Waals surface area contributed by atoms with Gasteiger partial charge in [-0.1, -0.05) is 37.1 Å². The first-order valence-electron chi connectivity index (χ1n) is 8.67. The molecule has 23 heavy (non-hydrogen) atoms. The molecule has 0 aromatic heterocycles. The molecule has 0 bridgehead atoms. The highest BCUT2D eigenvalue weighted by atomic mass is 16.5. The van der Waals surface area contributed by atoms with Crippen molar-refractivity contribution in [3.8, 4) is 0 Å². The maximum absolute atomic E-state index is 12.7. The first-order chi connectivity index (χ1) is 11.0. The van der Waals surface area contributed by atoms with Gasteiger partial charge in [0.05, 0.1) is 31.2 Å². The van der Waals surface area contributed by atoms with Crippen molar-refractivity contribution in [1.82, 2.24) is 4.90 Å². The molecule has 2 aliphatic rings. The Balaban J connectivity index is 1.71. The standard InChI is InChI=1S/C19H27NO3/c1-14-7-3-4-8-16(14)17-12-20(15(2)13-23-17)18(21)11-19(22)9-5-6-10-19/h3-4,7-8,15,17,22H,5-6,9-13H2,1-2H3. The number of rotatable bonds is 3. The van der Waals surface area contributed by atoms with Gasteiger partial charge in [0.15, 0.2) is 0 Å². The number of benzene rings is 1. The van der Waals surface area contributed by atoms with E-state index in [0.717, 1.165) is 31.2 Å². The number of carbonyl (C=O) groups excluding carboxylic acids is 1. The van der Waals surface area contributed by atoms with Crippen LogP contribution >= 0.6 is 0 Å². The fraction of sp³-hybridized carbons (Fsp3) is 0.632. The summed E-state index contributed by atoms with van der Waals surface area (Å²) in [5, 5.41) is 10.5. The number of aliphatic hydroxyl groups is 1. The quantitative estimate of drug-likeness (QED) is 0.932. The highest BCUT2D eigenvalue weighted by Gasteiger charge is 2.38. The summed E-state index contributed by atoms with van der Waals surface area (Å²) in [5.74, 6) is 0.0591. The molecule has 1 N–H and O–H groups in total. The van der Waals surface area contributed by atoms with Crippen molar-refractivity contribution in [2.24, 2.45) is 0 Å². The monoisotopic (exact) mass is 317 g/mol. The molecule has 1 aromatic rings. The average Bonchev–Trinajstić information content (AvgIpc) is 2.94. The van der Waals surface area contributed by atoms with Crippen molar-refractivity contribution in [2.45, 2.75) is 63.7 Å². The van der Waals surface area contributed by atoms with Crippen molar-refractivity contribution in [3.05, 3.63) is 35.4 Å². The minimum absolute atomic E-state index is 0.0591. The van der Waals surface area contributed by atoms with Gasteiger partial charge in [0.25, 0.3) is 0 Å². The average molecular weight is 317 g/mol. The molecule has 1 aliphatic heterocycles. The van der Waals surface area contributed by atoms with E-state index in [1.165, 1.54) is 5.56 Å². The molecule has 4 nitrogen and oxygen atoms in total. The molecule has 4 heteroatoms. The molecule has 1 amide bonds. The summed E-state index contributed by atoms with van der Waals surface area (Å²) >= 11 is 0. The minimum Gasteiger partial charge on any atom is -0.389 e. The van der Waals surface area contributed by atoms with E-state index in [4.69, 9.17) is 4.74 Å². The summed E-state index contributed by atoms with van der Waals surface area (Å²) < 4.78 is 5.98. The molecule has 1 aromatic carbocycles. The third-order valence-corrected chi connectivity index (χ3v) is 5.30. The molecule has 2 atom stereocenters. The second-order valence-corrected chi connectivity index (χ2v) is 7.18. The van der Waals surface area contributed by atoms with Crippen molar-refractivity contribution in [2.75, 3.05) is 13.2 Å². The smallest absolute Gasteiger partial charge is 0.225 e. The van der Waals surface area contributed by atoms with Crippen molar-refractivity contribution in [1.29, 1.82) is 0 Å². The highest BCUT2D eigenvalue weighted by molar-refractivity contribution is 5.78. The molecule has 2 unspecified atom stereocenters. The zero-order chi connectivity index (χ0) is 16.4. The van der Waals surface area contributed by atoms with E-state index >= 15 is 0 Å². The number of carbonyl (C=O) groups is 1. The lowest BCUT2D eigenvalue weighted by molar-refractivity contribution is -0.149. The Morgan fingerprint density at radius 1 is 1.35 bits per heavy atom. The van der Waals surface area contributed by atoms with Crippen LogP contribution in [0.1, 0.15) is 56.3 Å². The van der Waals surface area contributed by atoms with E-state index in [0.29, 0.717) is 13.2 Å². The topological polar surface area (TPSA) is 49.8 Å². The van der Waals surface area contributed by atoms with Crippen LogP contribution in [0.2, 0.25) is 0 Å². The van der Waals surface area contributed by atoms with Gasteiger partial charge in [0.1, 0.15) is 6.10 Å². The van der Waals surface area contributed by atoms with E-state index in [1.54, 1.807) is 0 Å². The summed E-state index contributed by atoms with van der Waals surface area (Å²) in [4.78, 5) is 14.6. The molecule has 0 radical (unpaired) electrons. The Bertz CT molecular complexity index is 565. The van der Waals surface area contributed by atoms with Crippen LogP contribution in [-0.4, -0.2) is 40.7 Å². The van der Waals surface area contributed by atoms with Crippen LogP contribution in [0, 0.1) is 6.92 Å². The number of ether oxygens (including phenoxy) is 1. The summed E-state index contributed by atoms with van der Waals surface area (Å²) in [6.45, 7) is 5.21.